The van der Waals surface area contributed by atoms with Gasteiger partial charge in [0.1, 0.15) is 0 Å². The maximum atomic E-state index is 11.7. The molecule has 0 fully saturated rings. The predicted molar refractivity (Wildman–Crippen MR) is 72.2 cm³/mol. The number of carbonyl (C=O) groups is 1. The summed E-state index contributed by atoms with van der Waals surface area (Å²) in [5, 5.41) is 20.1. The molecule has 0 unspecified atom stereocenters. The van der Waals surface area contributed by atoms with Crippen molar-refractivity contribution in [2.45, 2.75) is 58.2 Å². The summed E-state index contributed by atoms with van der Waals surface area (Å²) >= 11 is 0. The molecule has 1 rings (SSSR count). The van der Waals surface area contributed by atoms with Crippen molar-refractivity contribution in [3.05, 3.63) is 23.8 Å². The smallest absolute Gasteiger partial charge is 0.158 e. The number of aliphatic hydroxyl groups is 2. The third kappa shape index (κ3) is 3.79. The molecule has 2 N–H and O–H groups in total. The second-order valence-corrected chi connectivity index (χ2v) is 5.71. The fourth-order valence-electron chi connectivity index (χ4n) is 2.25. The summed E-state index contributed by atoms with van der Waals surface area (Å²) in [5.74, 6) is 0.0676. The van der Waals surface area contributed by atoms with Crippen molar-refractivity contribution in [3.63, 3.8) is 0 Å². The average molecular weight is 252 g/mol. The highest BCUT2D eigenvalue weighted by molar-refractivity contribution is 5.95. The van der Waals surface area contributed by atoms with E-state index in [0.29, 0.717) is 24.8 Å². The van der Waals surface area contributed by atoms with Crippen LogP contribution in [0.5, 0.6) is 0 Å². The Morgan fingerprint density at radius 3 is 2.78 bits per heavy atom. The second-order valence-electron chi connectivity index (χ2n) is 5.71. The quantitative estimate of drug-likeness (QED) is 0.739. The van der Waals surface area contributed by atoms with Crippen molar-refractivity contribution < 1.29 is 15.0 Å². The third-order valence-corrected chi connectivity index (χ3v) is 3.95. The van der Waals surface area contributed by atoms with Gasteiger partial charge in [0, 0.05) is 6.42 Å². The van der Waals surface area contributed by atoms with Crippen LogP contribution in [-0.4, -0.2) is 27.7 Å². The number of rotatable bonds is 5. The van der Waals surface area contributed by atoms with Gasteiger partial charge in [-0.15, -0.1) is 0 Å². The predicted octanol–water partition coefficient (Wildman–Crippen LogP) is 2.38. The van der Waals surface area contributed by atoms with Gasteiger partial charge in [0.05, 0.1) is 11.7 Å². The van der Waals surface area contributed by atoms with E-state index in [9.17, 15) is 15.0 Å². The van der Waals surface area contributed by atoms with Gasteiger partial charge in [-0.3, -0.25) is 4.79 Å². The highest BCUT2D eigenvalue weighted by atomic mass is 16.3. The van der Waals surface area contributed by atoms with E-state index in [1.807, 2.05) is 13.0 Å². The first-order chi connectivity index (χ1) is 8.24. The van der Waals surface area contributed by atoms with Gasteiger partial charge in [0.15, 0.2) is 5.78 Å². The Labute approximate surface area is 109 Å². The Morgan fingerprint density at radius 1 is 1.67 bits per heavy atom. The highest BCUT2D eigenvalue weighted by Gasteiger charge is 2.35. The van der Waals surface area contributed by atoms with Gasteiger partial charge < -0.3 is 10.2 Å². The highest BCUT2D eigenvalue weighted by Crippen LogP contribution is 2.33. The van der Waals surface area contributed by atoms with Gasteiger partial charge in [-0.2, -0.15) is 0 Å². The van der Waals surface area contributed by atoms with Gasteiger partial charge in [-0.25, -0.2) is 0 Å². The van der Waals surface area contributed by atoms with E-state index in [-0.39, 0.29) is 11.7 Å². The van der Waals surface area contributed by atoms with Crippen molar-refractivity contribution in [2.75, 3.05) is 0 Å². The van der Waals surface area contributed by atoms with Crippen LogP contribution >= 0.6 is 0 Å². The molecule has 1 aliphatic carbocycles. The van der Waals surface area contributed by atoms with Crippen LogP contribution in [0.1, 0.15) is 46.5 Å². The summed E-state index contributed by atoms with van der Waals surface area (Å²) in [7, 11) is 0. The van der Waals surface area contributed by atoms with Crippen LogP contribution in [0.25, 0.3) is 0 Å². The van der Waals surface area contributed by atoms with E-state index in [1.165, 1.54) is 0 Å². The molecule has 1 aliphatic rings. The van der Waals surface area contributed by atoms with E-state index >= 15 is 0 Å². The summed E-state index contributed by atoms with van der Waals surface area (Å²) in [6, 6.07) is 0. The van der Waals surface area contributed by atoms with Crippen molar-refractivity contribution >= 4 is 5.78 Å². The van der Waals surface area contributed by atoms with Crippen LogP contribution in [0.4, 0.5) is 0 Å². The number of ketones is 1. The molecule has 18 heavy (non-hydrogen) atoms. The molecule has 0 heterocycles. The molecular formula is C15H24O3. The van der Waals surface area contributed by atoms with E-state index in [4.69, 9.17) is 0 Å². The molecule has 0 saturated carbocycles. The SMILES string of the molecule is C=C(C)[C@H](O)CC[C@@](C)(O)[C@@H]1CC=C(C)C(=O)C1. The van der Waals surface area contributed by atoms with E-state index in [1.54, 1.807) is 13.8 Å². The zero-order chi connectivity index (χ0) is 13.9. The van der Waals surface area contributed by atoms with Crippen LogP contribution < -0.4 is 0 Å². The third-order valence-electron chi connectivity index (χ3n) is 3.95. The largest absolute Gasteiger partial charge is 0.390 e. The lowest BCUT2D eigenvalue weighted by atomic mass is 9.75. The van der Waals surface area contributed by atoms with Crippen LogP contribution in [0.15, 0.2) is 23.8 Å². The van der Waals surface area contributed by atoms with E-state index < -0.39 is 11.7 Å². The molecule has 0 aromatic heterocycles. The Bertz CT molecular complexity index is 366. The molecule has 0 spiro atoms. The summed E-state index contributed by atoms with van der Waals surface area (Å²) < 4.78 is 0. The number of hydrogen-bond donors (Lipinski definition) is 2. The van der Waals surface area contributed by atoms with Crippen LogP contribution in [0.2, 0.25) is 0 Å². The summed E-state index contributed by atoms with van der Waals surface area (Å²) in [6.07, 6.45) is 3.42. The standard InChI is InChI=1S/C15H24O3/c1-10(2)13(16)7-8-15(4,18)12-6-5-11(3)14(17)9-12/h5,12-13,16,18H,1,6-9H2,2-4H3/t12-,13-,15-/m1/s1. The molecule has 3 heteroatoms. The minimum atomic E-state index is -0.913. The van der Waals surface area contributed by atoms with Crippen LogP contribution in [0, 0.1) is 5.92 Å². The molecule has 0 amide bonds. The maximum absolute atomic E-state index is 11.7. The summed E-state index contributed by atoms with van der Waals surface area (Å²) in [5.41, 5.74) is 0.591. The molecule has 0 aliphatic heterocycles. The molecule has 0 saturated heterocycles. The Morgan fingerprint density at radius 2 is 2.28 bits per heavy atom. The van der Waals surface area contributed by atoms with Crippen LogP contribution in [0.3, 0.4) is 0 Å². The number of allylic oxidation sites excluding steroid dienone is 2. The lowest BCUT2D eigenvalue weighted by Gasteiger charge is -2.34. The zero-order valence-electron chi connectivity index (χ0n) is 11.6. The van der Waals surface area contributed by atoms with Gasteiger partial charge in [-0.05, 0) is 51.5 Å². The lowest BCUT2D eigenvalue weighted by Crippen LogP contribution is -2.38. The van der Waals surface area contributed by atoms with E-state index in [2.05, 4.69) is 6.58 Å². The minimum Gasteiger partial charge on any atom is -0.390 e. The van der Waals surface area contributed by atoms with Crippen molar-refractivity contribution in [2.24, 2.45) is 5.92 Å². The number of carbonyl (C=O) groups excluding carboxylic acids is 1. The number of hydrogen-bond acceptors (Lipinski definition) is 3. The Balaban J connectivity index is 2.59. The minimum absolute atomic E-state index is 0.0500. The zero-order valence-corrected chi connectivity index (χ0v) is 11.6. The Hall–Kier alpha value is -0.930. The normalized spacial score (nSPS) is 25.3. The Kier molecular flexibility index (Phi) is 4.88. The molecule has 0 bridgehead atoms. The van der Waals surface area contributed by atoms with Gasteiger partial charge in [0.2, 0.25) is 0 Å². The molecule has 3 atom stereocenters. The van der Waals surface area contributed by atoms with Gasteiger partial charge >= 0.3 is 0 Å². The molecule has 0 aromatic rings. The fraction of sp³-hybridized carbons (Fsp3) is 0.667. The van der Waals surface area contributed by atoms with Crippen molar-refractivity contribution in [3.8, 4) is 0 Å². The first kappa shape index (κ1) is 15.1. The monoisotopic (exact) mass is 252 g/mol. The first-order valence-corrected chi connectivity index (χ1v) is 6.50. The van der Waals surface area contributed by atoms with Gasteiger partial charge in [-0.1, -0.05) is 18.2 Å². The van der Waals surface area contributed by atoms with E-state index in [0.717, 1.165) is 12.0 Å². The molecular weight excluding hydrogens is 228 g/mol. The fourth-order valence-corrected chi connectivity index (χ4v) is 2.25. The lowest BCUT2D eigenvalue weighted by molar-refractivity contribution is -0.120. The van der Waals surface area contributed by atoms with Crippen molar-refractivity contribution in [1.82, 2.24) is 0 Å². The van der Waals surface area contributed by atoms with Crippen LogP contribution in [-0.2, 0) is 4.79 Å². The molecule has 0 radical (unpaired) electrons. The molecule has 102 valence electrons. The molecule has 3 nitrogen and oxygen atoms in total. The van der Waals surface area contributed by atoms with Gasteiger partial charge in [0.25, 0.3) is 0 Å². The first-order valence-electron chi connectivity index (χ1n) is 6.50. The number of Topliss-reactive ketones (excluding diaryl/α,β-unsaturated/α-hetero) is 1. The second kappa shape index (κ2) is 5.81. The summed E-state index contributed by atoms with van der Waals surface area (Å²) in [6.45, 7) is 9.04. The maximum Gasteiger partial charge on any atom is 0.158 e. The average Bonchev–Trinajstić information content (AvgIpc) is 2.29. The topological polar surface area (TPSA) is 57.5 Å². The van der Waals surface area contributed by atoms with Crippen molar-refractivity contribution in [1.29, 1.82) is 0 Å². The number of aliphatic hydroxyl groups excluding tert-OH is 1. The molecule has 0 aromatic carbocycles. The summed E-state index contributed by atoms with van der Waals surface area (Å²) in [4.78, 5) is 11.7.